The summed E-state index contributed by atoms with van der Waals surface area (Å²) >= 11 is 5.06. The van der Waals surface area contributed by atoms with Crippen LogP contribution in [0.15, 0.2) is 53.0 Å². The van der Waals surface area contributed by atoms with Crippen molar-refractivity contribution in [2.24, 2.45) is 0 Å². The summed E-state index contributed by atoms with van der Waals surface area (Å²) in [4.78, 5) is 28.5. The van der Waals surface area contributed by atoms with Gasteiger partial charge < -0.3 is 10.2 Å². The number of hydrogen-bond donors (Lipinski definition) is 1. The number of aryl methyl sites for hydroxylation is 1. The Morgan fingerprint density at radius 2 is 1.79 bits per heavy atom. The topological polar surface area (TPSA) is 49.4 Å². The minimum Gasteiger partial charge on any atom is -0.352 e. The molecule has 1 saturated carbocycles. The first-order valence-electron chi connectivity index (χ1n) is 11.9. The van der Waals surface area contributed by atoms with Crippen molar-refractivity contribution in [1.82, 2.24) is 10.2 Å². The second-order valence-corrected chi connectivity index (χ2v) is 10.7. The van der Waals surface area contributed by atoms with Gasteiger partial charge in [-0.25, -0.2) is 0 Å². The van der Waals surface area contributed by atoms with Crippen molar-refractivity contribution < 1.29 is 9.59 Å². The number of carbonyl (C=O) groups excluding carboxylic acids is 2. The number of nitrogens with one attached hydrogen (secondary N) is 1. The molecule has 0 saturated heterocycles. The summed E-state index contributed by atoms with van der Waals surface area (Å²) in [5.74, 6) is 1.13. The van der Waals surface area contributed by atoms with E-state index < -0.39 is 6.04 Å². The van der Waals surface area contributed by atoms with Crippen LogP contribution in [0.4, 0.5) is 0 Å². The summed E-state index contributed by atoms with van der Waals surface area (Å²) in [5.41, 5.74) is 3.41. The van der Waals surface area contributed by atoms with E-state index in [0.717, 1.165) is 34.2 Å². The summed E-state index contributed by atoms with van der Waals surface area (Å²) in [6, 6.07) is 16.1. The summed E-state index contributed by atoms with van der Waals surface area (Å²) in [5, 5.41) is 3.25. The van der Waals surface area contributed by atoms with Crippen molar-refractivity contribution >= 4 is 39.5 Å². The normalized spacial score (nSPS) is 15.1. The standard InChI is InChI=1S/C27H35BrN2O2S/c1-3-25(27(32)29-24-11-5-4-6-12-24)30(17-22-10-8-7-9-20(22)2)26(31)19-33-18-21-13-15-23(28)16-14-21/h7-10,13-16,24-25H,3-6,11-12,17-19H2,1-2H3,(H,29,32)/t25-/m0/s1. The quantitative estimate of drug-likeness (QED) is 0.395. The van der Waals surface area contributed by atoms with Gasteiger partial charge >= 0.3 is 0 Å². The Bertz CT molecular complexity index is 913. The molecule has 0 spiro atoms. The molecule has 1 fully saturated rings. The minimum atomic E-state index is -0.452. The van der Waals surface area contributed by atoms with E-state index in [-0.39, 0.29) is 17.9 Å². The van der Waals surface area contributed by atoms with E-state index in [1.807, 2.05) is 31.2 Å². The third kappa shape index (κ3) is 7.89. The van der Waals surface area contributed by atoms with Crippen molar-refractivity contribution in [2.75, 3.05) is 5.75 Å². The molecule has 0 aromatic heterocycles. The highest BCUT2D eigenvalue weighted by Gasteiger charge is 2.30. The van der Waals surface area contributed by atoms with Gasteiger partial charge in [0.2, 0.25) is 11.8 Å². The first-order valence-corrected chi connectivity index (χ1v) is 13.9. The number of halogens is 1. The average molecular weight is 532 g/mol. The Kier molecular flexibility index (Phi) is 10.3. The van der Waals surface area contributed by atoms with Crippen LogP contribution in [-0.4, -0.2) is 34.6 Å². The van der Waals surface area contributed by atoms with E-state index in [2.05, 4.69) is 52.4 Å². The van der Waals surface area contributed by atoms with Crippen LogP contribution >= 0.6 is 27.7 Å². The molecule has 1 atom stereocenters. The van der Waals surface area contributed by atoms with Gasteiger partial charge in [0, 0.05) is 22.8 Å². The highest BCUT2D eigenvalue weighted by Crippen LogP contribution is 2.21. The van der Waals surface area contributed by atoms with Crippen LogP contribution in [0.1, 0.15) is 62.1 Å². The number of rotatable bonds is 10. The average Bonchev–Trinajstić information content (AvgIpc) is 2.82. The monoisotopic (exact) mass is 530 g/mol. The molecule has 3 rings (SSSR count). The van der Waals surface area contributed by atoms with Crippen molar-refractivity contribution in [3.8, 4) is 0 Å². The fourth-order valence-electron chi connectivity index (χ4n) is 4.35. The molecule has 0 heterocycles. The van der Waals surface area contributed by atoms with Crippen LogP contribution in [-0.2, 0) is 21.9 Å². The maximum Gasteiger partial charge on any atom is 0.243 e. The number of thioether (sulfide) groups is 1. The molecule has 6 heteroatoms. The van der Waals surface area contributed by atoms with Crippen molar-refractivity contribution in [2.45, 2.75) is 76.8 Å². The second kappa shape index (κ2) is 13.2. The maximum atomic E-state index is 13.4. The Morgan fingerprint density at radius 3 is 2.45 bits per heavy atom. The Hall–Kier alpha value is -1.79. The van der Waals surface area contributed by atoms with Gasteiger partial charge in [-0.05, 0) is 55.0 Å². The lowest BCUT2D eigenvalue weighted by Crippen LogP contribution is -2.52. The molecule has 2 amide bonds. The lowest BCUT2D eigenvalue weighted by molar-refractivity contribution is -0.139. The SMILES string of the molecule is CC[C@@H](C(=O)NC1CCCCC1)N(Cc1ccccc1C)C(=O)CSCc1ccc(Br)cc1. The number of benzene rings is 2. The Balaban J connectivity index is 1.70. The van der Waals surface area contributed by atoms with E-state index in [0.29, 0.717) is 18.7 Å². The van der Waals surface area contributed by atoms with Crippen LogP contribution in [0, 0.1) is 6.92 Å². The van der Waals surface area contributed by atoms with E-state index in [9.17, 15) is 9.59 Å². The maximum absolute atomic E-state index is 13.4. The fraction of sp³-hybridized carbons (Fsp3) is 0.481. The summed E-state index contributed by atoms with van der Waals surface area (Å²) in [7, 11) is 0. The predicted octanol–water partition coefficient (Wildman–Crippen LogP) is 6.25. The molecule has 0 aliphatic heterocycles. The van der Waals surface area contributed by atoms with Crippen LogP contribution in [0.2, 0.25) is 0 Å². The van der Waals surface area contributed by atoms with Crippen LogP contribution in [0.3, 0.4) is 0 Å². The summed E-state index contributed by atoms with van der Waals surface area (Å²) < 4.78 is 1.05. The molecule has 178 valence electrons. The summed E-state index contributed by atoms with van der Waals surface area (Å²) in [6.07, 6.45) is 6.26. The Morgan fingerprint density at radius 1 is 1.09 bits per heavy atom. The predicted molar refractivity (Wildman–Crippen MR) is 141 cm³/mol. The van der Waals surface area contributed by atoms with Crippen molar-refractivity contribution in [3.63, 3.8) is 0 Å². The van der Waals surface area contributed by atoms with E-state index >= 15 is 0 Å². The number of amides is 2. The fourth-order valence-corrected chi connectivity index (χ4v) is 5.49. The van der Waals surface area contributed by atoms with Gasteiger partial charge in [-0.15, -0.1) is 11.8 Å². The molecule has 0 radical (unpaired) electrons. The first-order chi connectivity index (χ1) is 16.0. The molecule has 1 aliphatic rings. The molecule has 33 heavy (non-hydrogen) atoms. The van der Waals surface area contributed by atoms with Gasteiger partial charge in [-0.1, -0.05) is 78.5 Å². The van der Waals surface area contributed by atoms with Gasteiger partial charge in [0.1, 0.15) is 6.04 Å². The minimum absolute atomic E-state index is 0.00996. The smallest absolute Gasteiger partial charge is 0.243 e. The highest BCUT2D eigenvalue weighted by molar-refractivity contribution is 9.10. The summed E-state index contributed by atoms with van der Waals surface area (Å²) in [6.45, 7) is 4.52. The number of nitrogens with zero attached hydrogens (tertiary/aromatic N) is 1. The van der Waals surface area contributed by atoms with Crippen LogP contribution in [0.5, 0.6) is 0 Å². The molecule has 2 aromatic carbocycles. The molecule has 0 bridgehead atoms. The first kappa shape index (κ1) is 25.8. The third-order valence-corrected chi connectivity index (χ3v) is 7.86. The third-order valence-electron chi connectivity index (χ3n) is 6.35. The molecular weight excluding hydrogens is 496 g/mol. The van der Waals surface area contributed by atoms with E-state index in [1.54, 1.807) is 16.7 Å². The Labute approximate surface area is 211 Å². The van der Waals surface area contributed by atoms with Crippen LogP contribution in [0.25, 0.3) is 0 Å². The van der Waals surface area contributed by atoms with Gasteiger partial charge in [-0.2, -0.15) is 0 Å². The van der Waals surface area contributed by atoms with Crippen LogP contribution < -0.4 is 5.32 Å². The van der Waals surface area contributed by atoms with Gasteiger partial charge in [0.05, 0.1) is 5.75 Å². The molecule has 2 aromatic rings. The molecule has 1 aliphatic carbocycles. The zero-order valence-electron chi connectivity index (χ0n) is 19.7. The molecule has 1 N–H and O–H groups in total. The van der Waals surface area contributed by atoms with Gasteiger partial charge in [0.25, 0.3) is 0 Å². The molecular formula is C27H35BrN2O2S. The van der Waals surface area contributed by atoms with Gasteiger partial charge in [-0.3, -0.25) is 9.59 Å². The second-order valence-electron chi connectivity index (χ2n) is 8.83. The lowest BCUT2D eigenvalue weighted by atomic mass is 9.95. The van der Waals surface area contributed by atoms with E-state index in [1.165, 1.54) is 24.8 Å². The van der Waals surface area contributed by atoms with Gasteiger partial charge in [0.15, 0.2) is 0 Å². The zero-order chi connectivity index (χ0) is 23.6. The largest absolute Gasteiger partial charge is 0.352 e. The highest BCUT2D eigenvalue weighted by atomic mass is 79.9. The van der Waals surface area contributed by atoms with Crippen molar-refractivity contribution in [1.29, 1.82) is 0 Å². The van der Waals surface area contributed by atoms with Crippen molar-refractivity contribution in [3.05, 3.63) is 69.7 Å². The number of hydrogen-bond acceptors (Lipinski definition) is 3. The zero-order valence-corrected chi connectivity index (χ0v) is 22.1. The van der Waals surface area contributed by atoms with E-state index in [4.69, 9.17) is 0 Å². The molecule has 0 unspecified atom stereocenters. The molecule has 4 nitrogen and oxygen atoms in total. The number of carbonyl (C=O) groups is 2. The lowest BCUT2D eigenvalue weighted by Gasteiger charge is -2.33.